The summed E-state index contributed by atoms with van der Waals surface area (Å²) in [5.74, 6) is 1.56. The van der Waals surface area contributed by atoms with Crippen LogP contribution in [0.2, 0.25) is 0 Å². The van der Waals surface area contributed by atoms with Crippen molar-refractivity contribution in [2.45, 2.75) is 13.5 Å². The predicted octanol–water partition coefficient (Wildman–Crippen LogP) is 1.30. The highest BCUT2D eigenvalue weighted by atomic mass is 16.3. The highest BCUT2D eigenvalue weighted by molar-refractivity contribution is 5.91. The molecular formula is C13H16N4O2. The van der Waals surface area contributed by atoms with Gasteiger partial charge in [-0.15, -0.1) is 0 Å². The molecule has 0 aliphatic carbocycles. The zero-order valence-corrected chi connectivity index (χ0v) is 10.9. The van der Waals surface area contributed by atoms with Crippen LogP contribution >= 0.6 is 0 Å². The molecule has 0 atom stereocenters. The summed E-state index contributed by atoms with van der Waals surface area (Å²) < 4.78 is 5.49. The molecular weight excluding hydrogens is 244 g/mol. The van der Waals surface area contributed by atoms with Crippen molar-refractivity contribution in [3.63, 3.8) is 0 Å². The minimum atomic E-state index is -0.580. The first-order chi connectivity index (χ1) is 8.97. The number of nitrogen functional groups attached to an aromatic ring is 1. The second-order valence-corrected chi connectivity index (χ2v) is 4.34. The molecule has 0 aliphatic rings. The minimum absolute atomic E-state index is 0.187. The molecule has 0 saturated heterocycles. The number of furan rings is 1. The zero-order chi connectivity index (χ0) is 14.0. The number of primary amides is 1. The first-order valence-electron chi connectivity index (χ1n) is 5.80. The Labute approximate surface area is 111 Å². The monoisotopic (exact) mass is 260 g/mol. The third-order valence-corrected chi connectivity index (χ3v) is 2.71. The number of pyridine rings is 1. The molecule has 0 aromatic carbocycles. The first-order valence-corrected chi connectivity index (χ1v) is 5.80. The van der Waals surface area contributed by atoms with Gasteiger partial charge in [-0.25, -0.2) is 4.98 Å². The van der Waals surface area contributed by atoms with E-state index in [0.29, 0.717) is 18.1 Å². The quantitative estimate of drug-likeness (QED) is 0.863. The normalized spacial score (nSPS) is 10.4. The summed E-state index contributed by atoms with van der Waals surface area (Å²) in [7, 11) is 1.82. The number of carbonyl (C=O) groups excluding carboxylic acids is 1. The molecule has 2 rings (SSSR count). The summed E-state index contributed by atoms with van der Waals surface area (Å²) in [5.41, 5.74) is 11.7. The van der Waals surface area contributed by atoms with Crippen molar-refractivity contribution in [3.05, 3.63) is 41.5 Å². The van der Waals surface area contributed by atoms with E-state index in [1.54, 1.807) is 11.0 Å². The maximum absolute atomic E-state index is 11.1. The standard InChI is InChI=1S/C13H16N4O2/c1-8-3-4-9(19-8)7-17(2)13-10(14)5-6-11(16-13)12(15)18/h3-6H,7,14H2,1-2H3,(H2,15,18). The molecule has 100 valence electrons. The predicted molar refractivity (Wildman–Crippen MR) is 72.7 cm³/mol. The van der Waals surface area contributed by atoms with E-state index >= 15 is 0 Å². The molecule has 0 saturated carbocycles. The molecule has 0 aliphatic heterocycles. The Kier molecular flexibility index (Phi) is 3.41. The van der Waals surface area contributed by atoms with Crippen LogP contribution in [0.4, 0.5) is 11.5 Å². The summed E-state index contributed by atoms with van der Waals surface area (Å²) in [4.78, 5) is 17.1. The molecule has 19 heavy (non-hydrogen) atoms. The van der Waals surface area contributed by atoms with Gasteiger partial charge in [-0.05, 0) is 31.2 Å². The number of aromatic nitrogens is 1. The third kappa shape index (κ3) is 2.85. The van der Waals surface area contributed by atoms with Crippen molar-refractivity contribution < 1.29 is 9.21 Å². The van der Waals surface area contributed by atoms with Crippen molar-refractivity contribution in [1.29, 1.82) is 0 Å². The van der Waals surface area contributed by atoms with Crippen LogP contribution in [0.25, 0.3) is 0 Å². The lowest BCUT2D eigenvalue weighted by atomic mass is 10.3. The second-order valence-electron chi connectivity index (χ2n) is 4.34. The van der Waals surface area contributed by atoms with Gasteiger partial charge < -0.3 is 20.8 Å². The second kappa shape index (κ2) is 5.01. The van der Waals surface area contributed by atoms with Gasteiger partial charge in [0.1, 0.15) is 17.2 Å². The van der Waals surface area contributed by atoms with Crippen molar-refractivity contribution in [2.75, 3.05) is 17.7 Å². The summed E-state index contributed by atoms with van der Waals surface area (Å²) in [5, 5.41) is 0. The van der Waals surface area contributed by atoms with Gasteiger partial charge in [-0.1, -0.05) is 0 Å². The van der Waals surface area contributed by atoms with E-state index in [2.05, 4.69) is 4.98 Å². The number of nitrogens with two attached hydrogens (primary N) is 2. The minimum Gasteiger partial charge on any atom is -0.464 e. The fraction of sp³-hybridized carbons (Fsp3) is 0.231. The summed E-state index contributed by atoms with van der Waals surface area (Å²) in [6, 6.07) is 6.90. The van der Waals surface area contributed by atoms with Gasteiger partial charge >= 0.3 is 0 Å². The van der Waals surface area contributed by atoms with Crippen LogP contribution < -0.4 is 16.4 Å². The van der Waals surface area contributed by atoms with E-state index in [1.165, 1.54) is 6.07 Å². The molecule has 1 amide bonds. The SMILES string of the molecule is Cc1ccc(CN(C)c2nc(C(N)=O)ccc2N)o1. The number of carbonyl (C=O) groups is 1. The topological polar surface area (TPSA) is 98.4 Å². The first kappa shape index (κ1) is 12.9. The van der Waals surface area contributed by atoms with Crippen LogP contribution in [0.3, 0.4) is 0 Å². The molecule has 0 radical (unpaired) electrons. The fourth-order valence-electron chi connectivity index (χ4n) is 1.78. The Hall–Kier alpha value is -2.50. The van der Waals surface area contributed by atoms with Crippen molar-refractivity contribution in [2.24, 2.45) is 5.73 Å². The smallest absolute Gasteiger partial charge is 0.267 e. The Bertz CT molecular complexity index is 606. The highest BCUT2D eigenvalue weighted by Gasteiger charge is 2.12. The molecule has 6 nitrogen and oxygen atoms in total. The summed E-state index contributed by atoms with van der Waals surface area (Å²) >= 11 is 0. The van der Waals surface area contributed by atoms with Crippen LogP contribution in [0, 0.1) is 6.92 Å². The van der Waals surface area contributed by atoms with Crippen molar-refractivity contribution in [1.82, 2.24) is 4.98 Å². The lowest BCUT2D eigenvalue weighted by Crippen LogP contribution is -2.21. The lowest BCUT2D eigenvalue weighted by Gasteiger charge is -2.19. The van der Waals surface area contributed by atoms with Gasteiger partial charge in [0.25, 0.3) is 5.91 Å². The van der Waals surface area contributed by atoms with Gasteiger partial charge in [-0.2, -0.15) is 0 Å². The van der Waals surface area contributed by atoms with Crippen LogP contribution in [0.15, 0.2) is 28.7 Å². The van der Waals surface area contributed by atoms with Gasteiger partial charge in [0.15, 0.2) is 5.82 Å². The van der Waals surface area contributed by atoms with E-state index in [1.807, 2.05) is 26.1 Å². The van der Waals surface area contributed by atoms with E-state index in [4.69, 9.17) is 15.9 Å². The van der Waals surface area contributed by atoms with Gasteiger partial charge in [0, 0.05) is 7.05 Å². The summed E-state index contributed by atoms with van der Waals surface area (Å²) in [6.45, 7) is 2.39. The van der Waals surface area contributed by atoms with Gasteiger partial charge in [0.2, 0.25) is 0 Å². The fourth-order valence-corrected chi connectivity index (χ4v) is 1.78. The van der Waals surface area contributed by atoms with Crippen LogP contribution in [-0.4, -0.2) is 17.9 Å². The molecule has 2 heterocycles. The number of aryl methyl sites for hydroxylation is 1. The van der Waals surface area contributed by atoms with Crippen LogP contribution in [0.1, 0.15) is 22.0 Å². The Morgan fingerprint density at radius 3 is 2.68 bits per heavy atom. The average Bonchev–Trinajstić information content (AvgIpc) is 2.74. The van der Waals surface area contributed by atoms with Crippen molar-refractivity contribution >= 4 is 17.4 Å². The number of hydrogen-bond acceptors (Lipinski definition) is 5. The van der Waals surface area contributed by atoms with Crippen LogP contribution in [0.5, 0.6) is 0 Å². The number of anilines is 2. The summed E-state index contributed by atoms with van der Waals surface area (Å²) in [6.07, 6.45) is 0. The average molecular weight is 260 g/mol. The Morgan fingerprint density at radius 2 is 2.11 bits per heavy atom. The van der Waals surface area contributed by atoms with Crippen molar-refractivity contribution in [3.8, 4) is 0 Å². The largest absolute Gasteiger partial charge is 0.464 e. The lowest BCUT2D eigenvalue weighted by molar-refractivity contribution is 0.0995. The van der Waals surface area contributed by atoms with Crippen LogP contribution in [-0.2, 0) is 6.54 Å². The molecule has 0 spiro atoms. The zero-order valence-electron chi connectivity index (χ0n) is 10.9. The molecule has 2 aromatic heterocycles. The van der Waals surface area contributed by atoms with E-state index in [0.717, 1.165) is 11.5 Å². The Morgan fingerprint density at radius 1 is 1.37 bits per heavy atom. The molecule has 0 unspecified atom stereocenters. The Balaban J connectivity index is 2.25. The van der Waals surface area contributed by atoms with Gasteiger partial charge in [-0.3, -0.25) is 4.79 Å². The highest BCUT2D eigenvalue weighted by Crippen LogP contribution is 2.21. The molecule has 0 bridgehead atoms. The maximum Gasteiger partial charge on any atom is 0.267 e. The maximum atomic E-state index is 11.1. The number of nitrogens with zero attached hydrogens (tertiary/aromatic N) is 2. The van der Waals surface area contributed by atoms with E-state index in [9.17, 15) is 4.79 Å². The number of hydrogen-bond donors (Lipinski definition) is 2. The van der Waals surface area contributed by atoms with E-state index in [-0.39, 0.29) is 5.69 Å². The third-order valence-electron chi connectivity index (χ3n) is 2.71. The number of amides is 1. The van der Waals surface area contributed by atoms with E-state index < -0.39 is 5.91 Å². The molecule has 4 N–H and O–H groups in total. The molecule has 0 fully saturated rings. The molecule has 2 aromatic rings. The molecule has 6 heteroatoms. The van der Waals surface area contributed by atoms with Gasteiger partial charge in [0.05, 0.1) is 12.2 Å². The number of rotatable bonds is 4.